The van der Waals surface area contributed by atoms with Gasteiger partial charge in [0.1, 0.15) is 0 Å². The molecule has 1 heterocycles. The Morgan fingerprint density at radius 1 is 1.39 bits per heavy atom. The van der Waals surface area contributed by atoms with Crippen LogP contribution >= 0.6 is 0 Å². The van der Waals surface area contributed by atoms with Crippen LogP contribution in [-0.4, -0.2) is 18.4 Å². The Bertz CT molecular complexity index is 425. The monoisotopic (exact) mass is 245 g/mol. The number of nitrogens with zero attached hydrogens (tertiary/aromatic N) is 1. The van der Waals surface area contributed by atoms with Crippen molar-refractivity contribution < 1.29 is 4.79 Å². The average Bonchev–Trinajstić information content (AvgIpc) is 2.87. The summed E-state index contributed by atoms with van der Waals surface area (Å²) in [5, 5.41) is 0. The van der Waals surface area contributed by atoms with Gasteiger partial charge in [-0.3, -0.25) is 4.79 Å². The summed E-state index contributed by atoms with van der Waals surface area (Å²) in [6.07, 6.45) is 3.06. The zero-order valence-electron chi connectivity index (χ0n) is 11.6. The number of Topliss-reactive ketones (excluding diaryl/α,β-unsaturated/α-hetero) is 1. The molecule has 2 rings (SSSR count). The summed E-state index contributed by atoms with van der Waals surface area (Å²) in [7, 11) is 0. The standard InChI is InChI=1S/C16H23NO/c1-4-16(18)13-8-5-6-9-15(13)17-11-7-10-14(17)12(2)3/h5-6,8-9,12,14H,4,7,10-11H2,1-3H3. The topological polar surface area (TPSA) is 20.3 Å². The summed E-state index contributed by atoms with van der Waals surface area (Å²) in [4.78, 5) is 14.5. The van der Waals surface area contributed by atoms with E-state index in [0.29, 0.717) is 18.4 Å². The van der Waals surface area contributed by atoms with E-state index in [9.17, 15) is 4.79 Å². The predicted molar refractivity (Wildman–Crippen MR) is 76.3 cm³/mol. The van der Waals surface area contributed by atoms with E-state index >= 15 is 0 Å². The molecular formula is C16H23NO. The molecule has 0 amide bonds. The third kappa shape index (κ3) is 2.43. The first-order chi connectivity index (χ1) is 8.65. The van der Waals surface area contributed by atoms with Crippen LogP contribution in [0.2, 0.25) is 0 Å². The SMILES string of the molecule is CCC(=O)c1ccccc1N1CCCC1C(C)C. The van der Waals surface area contributed by atoms with E-state index in [0.717, 1.165) is 17.8 Å². The maximum Gasteiger partial charge on any atom is 0.164 e. The molecule has 18 heavy (non-hydrogen) atoms. The number of hydrogen-bond donors (Lipinski definition) is 0. The minimum absolute atomic E-state index is 0.250. The highest BCUT2D eigenvalue weighted by atomic mass is 16.1. The Balaban J connectivity index is 2.35. The first-order valence-corrected chi connectivity index (χ1v) is 7.04. The summed E-state index contributed by atoms with van der Waals surface area (Å²) < 4.78 is 0. The van der Waals surface area contributed by atoms with Crippen molar-refractivity contribution in [3.63, 3.8) is 0 Å². The van der Waals surface area contributed by atoms with Gasteiger partial charge in [-0.05, 0) is 30.9 Å². The van der Waals surface area contributed by atoms with Crippen molar-refractivity contribution >= 4 is 11.5 Å². The molecule has 0 aromatic heterocycles. The molecule has 1 unspecified atom stereocenters. The van der Waals surface area contributed by atoms with Crippen molar-refractivity contribution in [2.24, 2.45) is 5.92 Å². The summed E-state index contributed by atoms with van der Waals surface area (Å²) in [6.45, 7) is 7.56. The molecule has 1 aliphatic heterocycles. The van der Waals surface area contributed by atoms with E-state index in [-0.39, 0.29) is 5.78 Å². The maximum absolute atomic E-state index is 12.0. The zero-order chi connectivity index (χ0) is 13.1. The maximum atomic E-state index is 12.0. The van der Waals surface area contributed by atoms with Crippen LogP contribution in [0.3, 0.4) is 0 Å². The first-order valence-electron chi connectivity index (χ1n) is 7.04. The Hall–Kier alpha value is -1.31. The van der Waals surface area contributed by atoms with Crippen LogP contribution in [0.1, 0.15) is 50.4 Å². The van der Waals surface area contributed by atoms with Gasteiger partial charge in [-0.1, -0.05) is 32.9 Å². The number of rotatable bonds is 4. The minimum atomic E-state index is 0.250. The molecule has 0 radical (unpaired) electrons. The van der Waals surface area contributed by atoms with E-state index in [1.807, 2.05) is 25.1 Å². The summed E-state index contributed by atoms with van der Waals surface area (Å²) in [5.41, 5.74) is 2.04. The third-order valence-corrected chi connectivity index (χ3v) is 3.90. The lowest BCUT2D eigenvalue weighted by Crippen LogP contribution is -2.34. The normalized spacial score (nSPS) is 19.6. The van der Waals surface area contributed by atoms with E-state index in [1.54, 1.807) is 0 Å². The number of para-hydroxylation sites is 1. The van der Waals surface area contributed by atoms with E-state index in [1.165, 1.54) is 12.8 Å². The Morgan fingerprint density at radius 2 is 2.11 bits per heavy atom. The summed E-state index contributed by atoms with van der Waals surface area (Å²) >= 11 is 0. The Labute approximate surface area is 110 Å². The Kier molecular flexibility index (Phi) is 4.05. The number of ketones is 1. The highest BCUT2D eigenvalue weighted by Gasteiger charge is 2.29. The minimum Gasteiger partial charge on any atom is -0.368 e. The van der Waals surface area contributed by atoms with Crippen LogP contribution in [0.4, 0.5) is 5.69 Å². The summed E-state index contributed by atoms with van der Waals surface area (Å²) in [6, 6.07) is 8.65. The van der Waals surface area contributed by atoms with E-state index < -0.39 is 0 Å². The molecule has 1 atom stereocenters. The van der Waals surface area contributed by atoms with Crippen LogP contribution < -0.4 is 4.90 Å². The largest absolute Gasteiger partial charge is 0.368 e. The number of hydrogen-bond acceptors (Lipinski definition) is 2. The fraction of sp³-hybridized carbons (Fsp3) is 0.562. The molecule has 0 spiro atoms. The van der Waals surface area contributed by atoms with Gasteiger partial charge in [0, 0.05) is 30.3 Å². The van der Waals surface area contributed by atoms with Gasteiger partial charge in [-0.2, -0.15) is 0 Å². The molecule has 1 fully saturated rings. The lowest BCUT2D eigenvalue weighted by Gasteiger charge is -2.31. The van der Waals surface area contributed by atoms with Gasteiger partial charge < -0.3 is 4.90 Å². The number of carbonyl (C=O) groups is 1. The van der Waals surface area contributed by atoms with E-state index in [4.69, 9.17) is 0 Å². The highest BCUT2D eigenvalue weighted by Crippen LogP contribution is 2.32. The molecule has 1 aliphatic rings. The lowest BCUT2D eigenvalue weighted by molar-refractivity contribution is 0.0988. The van der Waals surface area contributed by atoms with Crippen molar-refractivity contribution in [3.05, 3.63) is 29.8 Å². The molecule has 1 saturated heterocycles. The van der Waals surface area contributed by atoms with Crippen LogP contribution in [0.15, 0.2) is 24.3 Å². The molecule has 0 N–H and O–H groups in total. The fourth-order valence-electron chi connectivity index (χ4n) is 2.94. The van der Waals surface area contributed by atoms with Crippen LogP contribution in [-0.2, 0) is 0 Å². The van der Waals surface area contributed by atoms with Gasteiger partial charge in [-0.25, -0.2) is 0 Å². The molecule has 2 heteroatoms. The van der Waals surface area contributed by atoms with Crippen LogP contribution in [0, 0.1) is 5.92 Å². The van der Waals surface area contributed by atoms with Crippen molar-refractivity contribution in [1.82, 2.24) is 0 Å². The van der Waals surface area contributed by atoms with Crippen molar-refractivity contribution in [2.45, 2.75) is 46.1 Å². The van der Waals surface area contributed by atoms with Crippen molar-refractivity contribution in [1.29, 1.82) is 0 Å². The van der Waals surface area contributed by atoms with Gasteiger partial charge in [0.05, 0.1) is 0 Å². The first kappa shape index (κ1) is 13.1. The zero-order valence-corrected chi connectivity index (χ0v) is 11.6. The Morgan fingerprint density at radius 3 is 2.78 bits per heavy atom. The molecule has 2 nitrogen and oxygen atoms in total. The number of carbonyl (C=O) groups excluding carboxylic acids is 1. The second-order valence-electron chi connectivity index (χ2n) is 5.44. The molecule has 98 valence electrons. The molecular weight excluding hydrogens is 222 g/mol. The highest BCUT2D eigenvalue weighted by molar-refractivity contribution is 6.01. The van der Waals surface area contributed by atoms with E-state index in [2.05, 4.69) is 24.8 Å². The van der Waals surface area contributed by atoms with Crippen LogP contribution in [0.5, 0.6) is 0 Å². The molecule has 1 aromatic rings. The van der Waals surface area contributed by atoms with Gasteiger partial charge in [0.25, 0.3) is 0 Å². The fourth-order valence-corrected chi connectivity index (χ4v) is 2.94. The summed E-state index contributed by atoms with van der Waals surface area (Å²) in [5.74, 6) is 0.886. The van der Waals surface area contributed by atoms with Gasteiger partial charge in [0.2, 0.25) is 0 Å². The quantitative estimate of drug-likeness (QED) is 0.750. The van der Waals surface area contributed by atoms with Crippen molar-refractivity contribution in [2.75, 3.05) is 11.4 Å². The molecule has 1 aromatic carbocycles. The average molecular weight is 245 g/mol. The van der Waals surface area contributed by atoms with Gasteiger partial charge >= 0.3 is 0 Å². The van der Waals surface area contributed by atoms with Crippen LogP contribution in [0.25, 0.3) is 0 Å². The number of benzene rings is 1. The second kappa shape index (κ2) is 5.55. The predicted octanol–water partition coefficient (Wildman–Crippen LogP) is 3.90. The van der Waals surface area contributed by atoms with Gasteiger partial charge in [-0.15, -0.1) is 0 Å². The lowest BCUT2D eigenvalue weighted by atomic mass is 9.99. The molecule has 0 bridgehead atoms. The molecule has 0 aliphatic carbocycles. The number of anilines is 1. The third-order valence-electron chi connectivity index (χ3n) is 3.90. The van der Waals surface area contributed by atoms with Gasteiger partial charge in [0.15, 0.2) is 5.78 Å². The smallest absolute Gasteiger partial charge is 0.164 e. The second-order valence-corrected chi connectivity index (χ2v) is 5.44. The molecule has 0 saturated carbocycles. The van der Waals surface area contributed by atoms with Crippen molar-refractivity contribution in [3.8, 4) is 0 Å².